The molecule has 4 aliphatic rings. The second kappa shape index (κ2) is 13.2. The monoisotopic (exact) mass is 689 g/mol. The van der Waals surface area contributed by atoms with E-state index in [4.69, 9.17) is 10.8 Å². The van der Waals surface area contributed by atoms with Crippen molar-refractivity contribution in [1.29, 1.82) is 0 Å². The summed E-state index contributed by atoms with van der Waals surface area (Å²) in [6.45, 7) is 1.94. The van der Waals surface area contributed by atoms with E-state index >= 15 is 0 Å². The third-order valence-corrected chi connectivity index (χ3v) is 10.8. The zero-order valence-electron chi connectivity index (χ0n) is 28.0. The highest BCUT2D eigenvalue weighted by molar-refractivity contribution is 6.25. The van der Waals surface area contributed by atoms with Crippen LogP contribution < -0.4 is 16.4 Å². The number of para-hydroxylation sites is 1. The van der Waals surface area contributed by atoms with Crippen LogP contribution in [0.15, 0.2) is 60.9 Å². The smallest absolute Gasteiger partial charge is 0.264 e. The van der Waals surface area contributed by atoms with E-state index in [1.807, 2.05) is 29.1 Å². The summed E-state index contributed by atoms with van der Waals surface area (Å²) in [4.78, 5) is 54.5. The Morgan fingerprint density at radius 1 is 0.824 bits per heavy atom. The number of carbonyl (C=O) groups is 4. The Morgan fingerprint density at radius 3 is 2.35 bits per heavy atom. The Hall–Kier alpha value is -5.63. The topological polar surface area (TPSA) is 189 Å². The summed E-state index contributed by atoms with van der Waals surface area (Å²) in [7, 11) is 0. The Labute approximate surface area is 294 Å². The SMILES string of the molecule is Nc1nnc(-c2ccccc2O)cc1-c1cnn(C2CCN(C3CCC(Nc4cccc5c4C(=O)N(C4CCC(=O)NC4=O)C5=O)CC3)CC2)c1. The molecule has 8 rings (SSSR count). The molecule has 1 atom stereocenters. The first-order valence-corrected chi connectivity index (χ1v) is 17.6. The number of aromatic nitrogens is 4. The number of carbonyl (C=O) groups excluding carboxylic acids is 4. The largest absolute Gasteiger partial charge is 0.507 e. The predicted octanol–water partition coefficient (Wildman–Crippen LogP) is 3.76. The van der Waals surface area contributed by atoms with Gasteiger partial charge in [0.25, 0.3) is 11.8 Å². The number of rotatable bonds is 7. The number of hydrogen-bond donors (Lipinski definition) is 4. The fraction of sp³-hybridized carbons (Fsp3) is 0.378. The minimum Gasteiger partial charge on any atom is -0.507 e. The average Bonchev–Trinajstić information content (AvgIpc) is 3.73. The van der Waals surface area contributed by atoms with Crippen LogP contribution in [0.2, 0.25) is 0 Å². The molecule has 1 aliphatic carbocycles. The third kappa shape index (κ3) is 6.09. The Morgan fingerprint density at radius 2 is 1.59 bits per heavy atom. The molecule has 5 heterocycles. The number of nitrogens with two attached hydrogens (primary N) is 1. The molecule has 3 aliphatic heterocycles. The molecule has 5 N–H and O–H groups in total. The fourth-order valence-electron chi connectivity index (χ4n) is 8.09. The van der Waals surface area contributed by atoms with Crippen molar-refractivity contribution in [2.75, 3.05) is 24.1 Å². The van der Waals surface area contributed by atoms with Gasteiger partial charge in [0, 0.05) is 60.2 Å². The molecule has 3 fully saturated rings. The number of nitrogens with one attached hydrogen (secondary N) is 2. The summed E-state index contributed by atoms with van der Waals surface area (Å²) in [5.41, 5.74) is 10.1. The molecule has 51 heavy (non-hydrogen) atoms. The van der Waals surface area contributed by atoms with E-state index in [0.717, 1.165) is 67.6 Å². The summed E-state index contributed by atoms with van der Waals surface area (Å²) in [5.74, 6) is -1.56. The lowest BCUT2D eigenvalue weighted by Gasteiger charge is -2.41. The Bertz CT molecular complexity index is 2030. The lowest BCUT2D eigenvalue weighted by atomic mass is 9.88. The highest BCUT2D eigenvalue weighted by atomic mass is 16.3. The molecule has 1 unspecified atom stereocenters. The summed E-state index contributed by atoms with van der Waals surface area (Å²) in [6, 6.07) is 14.0. The van der Waals surface area contributed by atoms with Crippen LogP contribution in [0.1, 0.15) is 78.1 Å². The lowest BCUT2D eigenvalue weighted by molar-refractivity contribution is -0.136. The Kier molecular flexibility index (Phi) is 8.46. The summed E-state index contributed by atoms with van der Waals surface area (Å²) in [6.07, 6.45) is 9.89. The van der Waals surface area contributed by atoms with Crippen molar-refractivity contribution in [3.63, 3.8) is 0 Å². The lowest BCUT2D eigenvalue weighted by Crippen LogP contribution is -2.54. The van der Waals surface area contributed by atoms with Gasteiger partial charge in [-0.15, -0.1) is 10.2 Å². The van der Waals surface area contributed by atoms with Crippen molar-refractivity contribution in [1.82, 2.24) is 35.1 Å². The number of nitrogen functional groups attached to an aromatic ring is 1. The van der Waals surface area contributed by atoms with E-state index < -0.39 is 29.7 Å². The molecular weight excluding hydrogens is 650 g/mol. The zero-order chi connectivity index (χ0) is 35.2. The van der Waals surface area contributed by atoms with Crippen LogP contribution in [0.5, 0.6) is 5.75 Å². The average molecular weight is 690 g/mol. The molecular formula is C37H39N9O5. The van der Waals surface area contributed by atoms with Gasteiger partial charge < -0.3 is 21.1 Å². The molecule has 2 aromatic carbocycles. The van der Waals surface area contributed by atoms with Gasteiger partial charge in [0.2, 0.25) is 11.8 Å². The summed E-state index contributed by atoms with van der Waals surface area (Å²) < 4.78 is 2.03. The van der Waals surface area contributed by atoms with Crippen LogP contribution in [-0.2, 0) is 9.59 Å². The van der Waals surface area contributed by atoms with Gasteiger partial charge in [0.15, 0.2) is 5.82 Å². The first-order chi connectivity index (χ1) is 24.7. The minimum absolute atomic E-state index is 0.0867. The van der Waals surface area contributed by atoms with Crippen LogP contribution in [0, 0.1) is 0 Å². The number of phenols is 1. The van der Waals surface area contributed by atoms with E-state index in [1.165, 1.54) is 0 Å². The van der Waals surface area contributed by atoms with E-state index in [1.54, 1.807) is 36.5 Å². The van der Waals surface area contributed by atoms with Crippen LogP contribution in [0.25, 0.3) is 22.4 Å². The number of fused-ring (bicyclic) bond motifs is 1. The molecule has 0 bridgehead atoms. The van der Waals surface area contributed by atoms with Gasteiger partial charge in [-0.25, -0.2) is 0 Å². The fourth-order valence-corrected chi connectivity index (χ4v) is 8.09. The van der Waals surface area contributed by atoms with Crippen molar-refractivity contribution >= 4 is 35.1 Å². The number of likely N-dealkylation sites (tertiary alicyclic amines) is 1. The normalized spacial score (nSPS) is 23.0. The zero-order valence-corrected chi connectivity index (χ0v) is 28.0. The number of benzene rings is 2. The molecule has 0 spiro atoms. The maximum absolute atomic E-state index is 13.5. The van der Waals surface area contributed by atoms with E-state index in [-0.39, 0.29) is 36.2 Å². The molecule has 1 saturated carbocycles. The van der Waals surface area contributed by atoms with Crippen LogP contribution in [0.4, 0.5) is 11.5 Å². The second-order valence-electron chi connectivity index (χ2n) is 13.8. The number of imide groups is 2. The van der Waals surface area contributed by atoms with Crippen molar-refractivity contribution in [2.24, 2.45) is 0 Å². The standard InChI is InChI=1S/C37H39N9O5/c38-34-27(18-29(42-43-34)25-4-1-2-7-31(25)47)21-19-39-45(20-21)24-14-16-44(17-15-24)23-10-8-22(9-11-23)40-28-6-3-5-26-33(28)37(51)46(36(26)50)30-12-13-32(48)41-35(30)49/h1-7,18-20,22-24,30,40,47H,8-17H2,(H2,38,43)(H,41,48,49). The number of anilines is 2. The van der Waals surface area contributed by atoms with Crippen molar-refractivity contribution in [3.8, 4) is 28.1 Å². The van der Waals surface area contributed by atoms with Gasteiger partial charge in [-0.2, -0.15) is 5.10 Å². The minimum atomic E-state index is -0.986. The van der Waals surface area contributed by atoms with E-state index in [0.29, 0.717) is 34.4 Å². The number of aromatic hydroxyl groups is 1. The van der Waals surface area contributed by atoms with Crippen molar-refractivity contribution in [3.05, 3.63) is 72.1 Å². The van der Waals surface area contributed by atoms with Gasteiger partial charge in [0.1, 0.15) is 11.8 Å². The van der Waals surface area contributed by atoms with Crippen LogP contribution >= 0.6 is 0 Å². The third-order valence-electron chi connectivity index (χ3n) is 10.8. The number of amides is 4. The first-order valence-electron chi connectivity index (χ1n) is 17.6. The van der Waals surface area contributed by atoms with Crippen molar-refractivity contribution < 1.29 is 24.3 Å². The molecule has 14 nitrogen and oxygen atoms in total. The first kappa shape index (κ1) is 32.6. The quantitative estimate of drug-likeness (QED) is 0.207. The molecule has 14 heteroatoms. The number of hydrogen-bond acceptors (Lipinski definition) is 11. The second-order valence-corrected chi connectivity index (χ2v) is 13.8. The molecule has 4 aromatic rings. The van der Waals surface area contributed by atoms with E-state index in [2.05, 4.69) is 25.7 Å². The predicted molar refractivity (Wildman–Crippen MR) is 187 cm³/mol. The molecule has 262 valence electrons. The number of phenolic OH excluding ortho intramolecular Hbond substituents is 1. The number of piperidine rings is 2. The van der Waals surface area contributed by atoms with Gasteiger partial charge in [-0.1, -0.05) is 18.2 Å². The van der Waals surface area contributed by atoms with Gasteiger partial charge in [-0.05, 0) is 75.3 Å². The molecule has 4 amide bonds. The Balaban J connectivity index is 0.862. The highest BCUT2D eigenvalue weighted by Gasteiger charge is 2.46. The van der Waals surface area contributed by atoms with E-state index in [9.17, 15) is 24.3 Å². The molecule has 2 saturated heterocycles. The molecule has 0 radical (unpaired) electrons. The van der Waals surface area contributed by atoms with Gasteiger partial charge in [-0.3, -0.25) is 34.1 Å². The van der Waals surface area contributed by atoms with Gasteiger partial charge in [0.05, 0.1) is 29.1 Å². The van der Waals surface area contributed by atoms with Crippen LogP contribution in [-0.4, -0.2) is 89.7 Å². The maximum Gasteiger partial charge on any atom is 0.264 e. The maximum atomic E-state index is 13.5. The summed E-state index contributed by atoms with van der Waals surface area (Å²) in [5, 5.41) is 29.1. The molecule has 2 aromatic heterocycles. The summed E-state index contributed by atoms with van der Waals surface area (Å²) >= 11 is 0. The van der Waals surface area contributed by atoms with Gasteiger partial charge >= 0.3 is 0 Å². The highest BCUT2D eigenvalue weighted by Crippen LogP contribution is 2.36. The number of nitrogens with zero attached hydrogens (tertiary/aromatic N) is 6. The van der Waals surface area contributed by atoms with Crippen LogP contribution in [0.3, 0.4) is 0 Å². The van der Waals surface area contributed by atoms with Crippen molar-refractivity contribution in [2.45, 2.75) is 75.5 Å².